The lowest BCUT2D eigenvalue weighted by Crippen LogP contribution is -2.20. The van der Waals surface area contributed by atoms with Crippen LogP contribution in [0.5, 0.6) is 6.01 Å². The zero-order chi connectivity index (χ0) is 23.6. The lowest BCUT2D eigenvalue weighted by atomic mass is 10.1. The zero-order valence-corrected chi connectivity index (χ0v) is 19.3. The van der Waals surface area contributed by atoms with Crippen molar-refractivity contribution in [3.8, 4) is 6.01 Å². The van der Waals surface area contributed by atoms with Crippen molar-refractivity contribution < 1.29 is 18.7 Å². The van der Waals surface area contributed by atoms with Crippen LogP contribution in [-0.2, 0) is 28.2 Å². The van der Waals surface area contributed by atoms with E-state index in [9.17, 15) is 14.0 Å². The second kappa shape index (κ2) is 12.1. The fourth-order valence-electron chi connectivity index (χ4n) is 3.03. The largest absolute Gasteiger partial charge is 0.467 e. The number of carbonyl (C=O) groups excluding carboxylic acids is 1. The summed E-state index contributed by atoms with van der Waals surface area (Å²) in [4.78, 5) is 36.9. The molecule has 0 atom stereocenters. The van der Waals surface area contributed by atoms with Gasteiger partial charge in [0.1, 0.15) is 5.82 Å². The second-order valence-electron chi connectivity index (χ2n) is 7.13. The smallest absolute Gasteiger partial charge is 0.316 e. The van der Waals surface area contributed by atoms with Crippen molar-refractivity contribution in [1.82, 2.24) is 19.5 Å². The summed E-state index contributed by atoms with van der Waals surface area (Å²) in [5.74, 6) is -0.0387. The van der Waals surface area contributed by atoms with E-state index in [2.05, 4.69) is 15.0 Å². The summed E-state index contributed by atoms with van der Waals surface area (Å²) in [6.45, 7) is 2.60. The molecule has 0 spiro atoms. The number of rotatable bonds is 11. The SMILES string of the molecule is CCOC(=O)CCCn1cc(Cc2cnc(OC)nc2)c(=O)nc1SCc1ccc(F)cc1. The highest BCUT2D eigenvalue weighted by molar-refractivity contribution is 7.98. The number of aryl methyl sites for hydroxylation is 1. The topological polar surface area (TPSA) is 96.2 Å². The first kappa shape index (κ1) is 24.4. The van der Waals surface area contributed by atoms with E-state index < -0.39 is 0 Å². The third-order valence-corrected chi connectivity index (χ3v) is 5.72. The molecule has 2 heterocycles. The summed E-state index contributed by atoms with van der Waals surface area (Å²) in [5.41, 5.74) is 1.81. The summed E-state index contributed by atoms with van der Waals surface area (Å²) in [5, 5.41) is 0.530. The van der Waals surface area contributed by atoms with Gasteiger partial charge < -0.3 is 14.0 Å². The van der Waals surface area contributed by atoms with E-state index >= 15 is 0 Å². The second-order valence-corrected chi connectivity index (χ2v) is 8.07. The van der Waals surface area contributed by atoms with Crippen molar-refractivity contribution in [2.24, 2.45) is 0 Å². The lowest BCUT2D eigenvalue weighted by molar-refractivity contribution is -0.143. The third-order valence-electron chi connectivity index (χ3n) is 4.65. The molecule has 0 radical (unpaired) electrons. The Labute approximate surface area is 195 Å². The van der Waals surface area contributed by atoms with E-state index in [4.69, 9.17) is 9.47 Å². The molecule has 0 aliphatic heterocycles. The maximum Gasteiger partial charge on any atom is 0.316 e. The molecule has 0 amide bonds. The quantitative estimate of drug-likeness (QED) is 0.238. The average molecular weight is 473 g/mol. The number of nitrogens with zero attached hydrogens (tertiary/aromatic N) is 4. The van der Waals surface area contributed by atoms with Crippen LogP contribution in [0.4, 0.5) is 4.39 Å². The number of esters is 1. The molecule has 8 nitrogen and oxygen atoms in total. The van der Waals surface area contributed by atoms with E-state index in [1.807, 2.05) is 4.57 Å². The van der Waals surface area contributed by atoms with Crippen molar-refractivity contribution in [3.05, 3.63) is 75.7 Å². The van der Waals surface area contributed by atoms with Crippen molar-refractivity contribution in [1.29, 1.82) is 0 Å². The Balaban J connectivity index is 1.79. The first-order valence-corrected chi connectivity index (χ1v) is 11.4. The molecule has 33 heavy (non-hydrogen) atoms. The molecule has 3 rings (SSSR count). The van der Waals surface area contributed by atoms with Crippen molar-refractivity contribution >= 4 is 17.7 Å². The molecule has 2 aromatic heterocycles. The molecule has 0 saturated carbocycles. The lowest BCUT2D eigenvalue weighted by Gasteiger charge is -2.14. The molecule has 0 N–H and O–H groups in total. The summed E-state index contributed by atoms with van der Waals surface area (Å²) >= 11 is 1.38. The first-order valence-electron chi connectivity index (χ1n) is 10.5. The molecule has 174 valence electrons. The number of thioether (sulfide) groups is 1. The minimum atomic E-state index is -0.339. The van der Waals surface area contributed by atoms with Gasteiger partial charge in [0.2, 0.25) is 0 Å². The third kappa shape index (κ3) is 7.38. The molecule has 3 aromatic rings. The van der Waals surface area contributed by atoms with Gasteiger partial charge in [0.15, 0.2) is 5.16 Å². The monoisotopic (exact) mass is 472 g/mol. The van der Waals surface area contributed by atoms with Gasteiger partial charge in [-0.3, -0.25) is 9.59 Å². The fraction of sp³-hybridized carbons (Fsp3) is 0.348. The highest BCUT2D eigenvalue weighted by Crippen LogP contribution is 2.22. The molecule has 0 saturated heterocycles. The Bertz CT molecular complexity index is 1120. The normalized spacial score (nSPS) is 10.8. The molecule has 10 heteroatoms. The maximum atomic E-state index is 13.2. The Morgan fingerprint density at radius 2 is 1.88 bits per heavy atom. The fourth-order valence-corrected chi connectivity index (χ4v) is 3.98. The number of hydrogen-bond acceptors (Lipinski definition) is 8. The van der Waals surface area contributed by atoms with Gasteiger partial charge >= 0.3 is 12.0 Å². The molecule has 0 bridgehead atoms. The summed E-state index contributed by atoms with van der Waals surface area (Å²) in [7, 11) is 1.48. The zero-order valence-electron chi connectivity index (χ0n) is 18.5. The van der Waals surface area contributed by atoms with Gasteiger partial charge in [0, 0.05) is 49.3 Å². The number of benzene rings is 1. The van der Waals surface area contributed by atoms with Gasteiger partial charge in [0.25, 0.3) is 5.56 Å². The standard InChI is InChI=1S/C23H25FN4O4S/c1-3-32-20(29)5-4-10-28-14-18(11-17-12-25-22(31-2)26-13-17)21(30)27-23(28)33-15-16-6-8-19(24)9-7-16/h6-9,12-14H,3-5,10-11,15H2,1-2H3. The van der Waals surface area contributed by atoms with E-state index in [0.717, 1.165) is 11.1 Å². The van der Waals surface area contributed by atoms with Crippen molar-refractivity contribution in [2.45, 2.75) is 43.6 Å². The van der Waals surface area contributed by atoms with Gasteiger partial charge in [-0.15, -0.1) is 0 Å². The number of methoxy groups -OCH3 is 1. The molecule has 0 unspecified atom stereocenters. The molecular weight excluding hydrogens is 447 g/mol. The van der Waals surface area contributed by atoms with Crippen molar-refractivity contribution in [2.75, 3.05) is 13.7 Å². The van der Waals surface area contributed by atoms with Crippen LogP contribution in [0.25, 0.3) is 0 Å². The van der Waals surface area contributed by atoms with Gasteiger partial charge in [0.05, 0.1) is 13.7 Å². The summed E-state index contributed by atoms with van der Waals surface area (Å²) in [6, 6.07) is 6.44. The first-order chi connectivity index (χ1) is 16.0. The Kier molecular flexibility index (Phi) is 8.94. The number of aromatic nitrogens is 4. The van der Waals surface area contributed by atoms with Crippen LogP contribution in [-0.4, -0.2) is 39.2 Å². The summed E-state index contributed by atoms with van der Waals surface area (Å²) < 4.78 is 25.0. The number of halogens is 1. The predicted molar refractivity (Wildman–Crippen MR) is 122 cm³/mol. The average Bonchev–Trinajstić information content (AvgIpc) is 2.81. The Hall–Kier alpha value is -3.27. The van der Waals surface area contributed by atoms with Gasteiger partial charge in [-0.2, -0.15) is 4.98 Å². The van der Waals surface area contributed by atoms with Gasteiger partial charge in [-0.05, 0) is 36.6 Å². The highest BCUT2D eigenvalue weighted by atomic mass is 32.2. The molecule has 0 aliphatic carbocycles. The molecule has 1 aromatic carbocycles. The van der Waals surface area contributed by atoms with E-state index in [1.54, 1.807) is 37.6 Å². The van der Waals surface area contributed by atoms with Crippen molar-refractivity contribution in [3.63, 3.8) is 0 Å². The van der Waals surface area contributed by atoms with Crippen LogP contribution >= 0.6 is 11.8 Å². The van der Waals surface area contributed by atoms with E-state index in [0.29, 0.717) is 42.5 Å². The minimum absolute atomic E-state index is 0.251. The van der Waals surface area contributed by atoms with E-state index in [1.165, 1.54) is 31.0 Å². The molecule has 0 aliphatic rings. The molecule has 0 fully saturated rings. The molecular formula is C23H25FN4O4S. The predicted octanol–water partition coefficient (Wildman–Crippen LogP) is 3.41. The van der Waals surface area contributed by atoms with Gasteiger partial charge in [-0.25, -0.2) is 14.4 Å². The minimum Gasteiger partial charge on any atom is -0.467 e. The van der Waals surface area contributed by atoms with Crippen LogP contribution in [0.2, 0.25) is 0 Å². The van der Waals surface area contributed by atoms with Crippen LogP contribution in [0.1, 0.15) is 36.5 Å². The number of carbonyl (C=O) groups is 1. The van der Waals surface area contributed by atoms with E-state index in [-0.39, 0.29) is 29.8 Å². The van der Waals surface area contributed by atoms with Gasteiger partial charge in [-0.1, -0.05) is 23.9 Å². The Morgan fingerprint density at radius 3 is 2.55 bits per heavy atom. The highest BCUT2D eigenvalue weighted by Gasteiger charge is 2.12. The number of hydrogen-bond donors (Lipinski definition) is 0. The maximum absolute atomic E-state index is 13.2. The van der Waals surface area contributed by atoms with Crippen LogP contribution in [0.15, 0.2) is 52.8 Å². The van der Waals surface area contributed by atoms with Crippen LogP contribution in [0.3, 0.4) is 0 Å². The van der Waals surface area contributed by atoms with Crippen LogP contribution < -0.4 is 10.3 Å². The Morgan fingerprint density at radius 1 is 1.15 bits per heavy atom. The van der Waals surface area contributed by atoms with Crippen LogP contribution in [0, 0.1) is 5.82 Å². The number of ether oxygens (including phenoxy) is 2. The summed E-state index contributed by atoms with van der Waals surface area (Å²) in [6.07, 6.45) is 6.09.